The Morgan fingerprint density at radius 1 is 1.12 bits per heavy atom. The summed E-state index contributed by atoms with van der Waals surface area (Å²) in [5.74, 6) is 1.01. The third-order valence-corrected chi connectivity index (χ3v) is 5.42. The van der Waals surface area contributed by atoms with E-state index in [1.807, 2.05) is 0 Å². The van der Waals surface area contributed by atoms with Crippen LogP contribution < -0.4 is 5.32 Å². The van der Waals surface area contributed by atoms with Crippen LogP contribution in [0.2, 0.25) is 0 Å². The third kappa shape index (κ3) is 2.92. The van der Waals surface area contributed by atoms with Gasteiger partial charge < -0.3 is 10.3 Å². The van der Waals surface area contributed by atoms with E-state index >= 15 is 0 Å². The fraction of sp³-hybridized carbons (Fsp3) is 0.706. The molecular weight excluding hydrogens is 306 g/mol. The van der Waals surface area contributed by atoms with Gasteiger partial charge in [0.05, 0.1) is 18.3 Å². The number of rotatable bonds is 5. The summed E-state index contributed by atoms with van der Waals surface area (Å²) in [5.41, 5.74) is 2.60. The molecule has 2 saturated heterocycles. The van der Waals surface area contributed by atoms with Crippen molar-refractivity contribution in [3.05, 3.63) is 17.2 Å². The quantitative estimate of drug-likeness (QED) is 0.799. The smallest absolute Gasteiger partial charge is 0.324 e. The van der Waals surface area contributed by atoms with Gasteiger partial charge in [0.2, 0.25) is 5.91 Å². The Morgan fingerprint density at radius 3 is 2.79 bits per heavy atom. The van der Waals surface area contributed by atoms with Crippen molar-refractivity contribution in [1.29, 1.82) is 0 Å². The van der Waals surface area contributed by atoms with Gasteiger partial charge in [0.15, 0.2) is 0 Å². The Morgan fingerprint density at radius 2 is 2.00 bits per heavy atom. The van der Waals surface area contributed by atoms with Crippen molar-refractivity contribution in [3.63, 3.8) is 0 Å². The summed E-state index contributed by atoms with van der Waals surface area (Å²) in [6.07, 6.45) is 7.86. The molecule has 130 valence electrons. The number of carbonyl (C=O) groups excluding carboxylic acids is 2. The minimum atomic E-state index is -0.253. The third-order valence-electron chi connectivity index (χ3n) is 5.42. The standard InChI is InChI=1S/C17H25N5O2/c23-15-11-18-17(24)22(15)10-4-9-21-8-3-7-14(21)16-19-12-5-1-2-6-13(12)20-16/h14H,1-11H2,(H,18,24)(H,19,20). The van der Waals surface area contributed by atoms with Gasteiger partial charge in [0, 0.05) is 18.8 Å². The summed E-state index contributed by atoms with van der Waals surface area (Å²) < 4.78 is 0. The summed E-state index contributed by atoms with van der Waals surface area (Å²) in [5, 5.41) is 2.57. The fourth-order valence-electron chi connectivity index (χ4n) is 4.15. The zero-order valence-electron chi connectivity index (χ0n) is 14.0. The van der Waals surface area contributed by atoms with E-state index in [0.29, 0.717) is 12.6 Å². The van der Waals surface area contributed by atoms with E-state index in [0.717, 1.165) is 44.6 Å². The average Bonchev–Trinajstić information content (AvgIpc) is 3.28. The molecule has 0 aromatic carbocycles. The molecule has 2 aliphatic heterocycles. The molecule has 4 rings (SSSR count). The lowest BCUT2D eigenvalue weighted by Crippen LogP contribution is -2.34. The number of nitrogens with zero attached hydrogens (tertiary/aromatic N) is 3. The van der Waals surface area contributed by atoms with Gasteiger partial charge in [-0.1, -0.05) is 0 Å². The van der Waals surface area contributed by atoms with Crippen LogP contribution in [0.3, 0.4) is 0 Å². The monoisotopic (exact) mass is 331 g/mol. The van der Waals surface area contributed by atoms with E-state index in [1.165, 1.54) is 35.6 Å². The van der Waals surface area contributed by atoms with Crippen molar-refractivity contribution in [2.75, 3.05) is 26.2 Å². The largest absolute Gasteiger partial charge is 0.344 e. The van der Waals surface area contributed by atoms with E-state index in [9.17, 15) is 9.59 Å². The molecule has 0 bridgehead atoms. The number of aryl methyl sites for hydroxylation is 2. The normalized spacial score (nSPS) is 24.5. The number of urea groups is 1. The fourth-order valence-corrected chi connectivity index (χ4v) is 4.15. The van der Waals surface area contributed by atoms with Crippen LogP contribution in [0.1, 0.15) is 55.4 Å². The van der Waals surface area contributed by atoms with Gasteiger partial charge in [-0.3, -0.25) is 14.6 Å². The number of aromatic amines is 1. The van der Waals surface area contributed by atoms with Gasteiger partial charge in [-0.15, -0.1) is 0 Å². The molecule has 0 saturated carbocycles. The van der Waals surface area contributed by atoms with Crippen LogP contribution in [-0.4, -0.2) is 57.9 Å². The number of hydrogen-bond donors (Lipinski definition) is 2. The Bertz CT molecular complexity index is 601. The van der Waals surface area contributed by atoms with Gasteiger partial charge in [0.1, 0.15) is 5.82 Å². The maximum absolute atomic E-state index is 11.6. The number of imide groups is 1. The van der Waals surface area contributed by atoms with Gasteiger partial charge in [-0.2, -0.15) is 0 Å². The van der Waals surface area contributed by atoms with Crippen LogP contribution in [0, 0.1) is 0 Å². The van der Waals surface area contributed by atoms with Crippen LogP contribution in [0.25, 0.3) is 0 Å². The summed E-state index contributed by atoms with van der Waals surface area (Å²) in [6.45, 7) is 2.61. The molecule has 1 aromatic rings. The molecule has 1 atom stereocenters. The minimum Gasteiger partial charge on any atom is -0.344 e. The highest BCUT2D eigenvalue weighted by Gasteiger charge is 2.31. The molecule has 2 fully saturated rings. The van der Waals surface area contributed by atoms with E-state index in [2.05, 4.69) is 15.2 Å². The molecule has 3 aliphatic rings. The number of H-pyrrole nitrogens is 1. The van der Waals surface area contributed by atoms with Crippen LogP contribution in [0.5, 0.6) is 0 Å². The number of aromatic nitrogens is 2. The predicted octanol–water partition coefficient (Wildman–Crippen LogP) is 1.37. The first kappa shape index (κ1) is 15.6. The molecule has 1 aromatic heterocycles. The second-order valence-electron chi connectivity index (χ2n) is 7.01. The molecule has 3 heterocycles. The molecule has 24 heavy (non-hydrogen) atoms. The first-order valence-corrected chi connectivity index (χ1v) is 9.12. The van der Waals surface area contributed by atoms with Crippen molar-refractivity contribution >= 4 is 11.9 Å². The summed E-state index contributed by atoms with van der Waals surface area (Å²) in [6, 6.07) is 0.107. The topological polar surface area (TPSA) is 81.3 Å². The Balaban J connectivity index is 1.35. The van der Waals surface area contributed by atoms with Crippen molar-refractivity contribution in [2.45, 2.75) is 51.0 Å². The Labute approximate surface area is 141 Å². The number of likely N-dealkylation sites (tertiary alicyclic amines) is 1. The van der Waals surface area contributed by atoms with Crippen LogP contribution in [0.4, 0.5) is 4.79 Å². The summed E-state index contributed by atoms with van der Waals surface area (Å²) in [7, 11) is 0. The second-order valence-corrected chi connectivity index (χ2v) is 7.01. The highest BCUT2D eigenvalue weighted by Crippen LogP contribution is 2.32. The van der Waals surface area contributed by atoms with Gasteiger partial charge in [-0.05, 0) is 51.5 Å². The highest BCUT2D eigenvalue weighted by molar-refractivity contribution is 6.01. The number of amides is 3. The molecule has 2 N–H and O–H groups in total. The minimum absolute atomic E-state index is 0.114. The number of imidazole rings is 1. The predicted molar refractivity (Wildman–Crippen MR) is 88.5 cm³/mol. The Kier molecular flexibility index (Phi) is 4.26. The zero-order chi connectivity index (χ0) is 16.5. The molecule has 1 unspecified atom stereocenters. The lowest BCUT2D eigenvalue weighted by Gasteiger charge is -2.23. The van der Waals surface area contributed by atoms with Crippen molar-refractivity contribution in [3.8, 4) is 0 Å². The number of nitrogens with one attached hydrogen (secondary N) is 2. The molecule has 3 amide bonds. The maximum atomic E-state index is 11.6. The number of carbonyl (C=O) groups is 2. The molecule has 7 heteroatoms. The molecule has 0 spiro atoms. The van der Waals surface area contributed by atoms with Crippen LogP contribution in [0.15, 0.2) is 0 Å². The SMILES string of the molecule is O=C1CNC(=O)N1CCCN1CCCC1c1nc2c([nH]1)CCCC2. The first-order valence-electron chi connectivity index (χ1n) is 9.12. The van der Waals surface area contributed by atoms with Gasteiger partial charge in [-0.25, -0.2) is 9.78 Å². The van der Waals surface area contributed by atoms with E-state index in [-0.39, 0.29) is 18.5 Å². The lowest BCUT2D eigenvalue weighted by molar-refractivity contribution is -0.125. The lowest BCUT2D eigenvalue weighted by atomic mass is 10.0. The van der Waals surface area contributed by atoms with Gasteiger partial charge >= 0.3 is 6.03 Å². The second kappa shape index (κ2) is 6.55. The number of fused-ring (bicyclic) bond motifs is 1. The van der Waals surface area contributed by atoms with Crippen molar-refractivity contribution < 1.29 is 9.59 Å². The van der Waals surface area contributed by atoms with Gasteiger partial charge in [0.25, 0.3) is 0 Å². The molecular formula is C17H25N5O2. The van der Waals surface area contributed by atoms with Crippen LogP contribution >= 0.6 is 0 Å². The van der Waals surface area contributed by atoms with E-state index in [4.69, 9.17) is 4.98 Å². The van der Waals surface area contributed by atoms with Crippen LogP contribution in [-0.2, 0) is 17.6 Å². The van der Waals surface area contributed by atoms with E-state index in [1.54, 1.807) is 0 Å². The van der Waals surface area contributed by atoms with E-state index < -0.39 is 0 Å². The molecule has 1 aliphatic carbocycles. The zero-order valence-corrected chi connectivity index (χ0v) is 14.0. The Hall–Kier alpha value is -1.89. The summed E-state index contributed by atoms with van der Waals surface area (Å²) in [4.78, 5) is 35.4. The summed E-state index contributed by atoms with van der Waals surface area (Å²) >= 11 is 0. The average molecular weight is 331 g/mol. The molecule has 7 nitrogen and oxygen atoms in total. The van der Waals surface area contributed by atoms with Crippen molar-refractivity contribution in [1.82, 2.24) is 25.1 Å². The number of hydrogen-bond acceptors (Lipinski definition) is 4. The maximum Gasteiger partial charge on any atom is 0.324 e. The van der Waals surface area contributed by atoms with Crippen molar-refractivity contribution in [2.24, 2.45) is 0 Å². The first-order chi connectivity index (χ1) is 11.7. The highest BCUT2D eigenvalue weighted by atomic mass is 16.2. The molecule has 0 radical (unpaired) electrons.